The van der Waals surface area contributed by atoms with Crippen LogP contribution in [-0.2, 0) is 16.1 Å². The Kier molecular flexibility index (Phi) is 10.7. The number of hydrogen-bond acceptors (Lipinski definition) is 5. The van der Waals surface area contributed by atoms with E-state index in [1.165, 1.54) is 0 Å². The summed E-state index contributed by atoms with van der Waals surface area (Å²) in [6.45, 7) is 6.20. The highest BCUT2D eigenvalue weighted by molar-refractivity contribution is 6.30. The number of nitrogens with one attached hydrogen (secondary N) is 1. The third-order valence-corrected chi connectivity index (χ3v) is 5.02. The maximum Gasteiger partial charge on any atom is 0.224 e. The Morgan fingerprint density at radius 3 is 2.67 bits per heavy atom. The number of amides is 1. The van der Waals surface area contributed by atoms with Crippen LogP contribution >= 0.6 is 36.4 Å². The monoisotopic (exact) mass is 439 g/mol. The molecule has 1 atom stereocenters. The molecule has 2 fully saturated rings. The van der Waals surface area contributed by atoms with Crippen LogP contribution in [0.15, 0.2) is 18.2 Å². The molecule has 1 unspecified atom stereocenters. The Labute approximate surface area is 178 Å². The van der Waals surface area contributed by atoms with Crippen molar-refractivity contribution in [2.75, 3.05) is 53.0 Å². The van der Waals surface area contributed by atoms with E-state index in [0.717, 1.165) is 57.2 Å². The summed E-state index contributed by atoms with van der Waals surface area (Å²) in [6.07, 6.45) is 0.516. The van der Waals surface area contributed by atoms with Crippen LogP contribution in [0.3, 0.4) is 0 Å². The molecule has 2 heterocycles. The lowest BCUT2D eigenvalue weighted by atomic mass is 10.1. The first-order valence-electron chi connectivity index (χ1n) is 8.79. The molecule has 2 saturated heterocycles. The lowest BCUT2D eigenvalue weighted by Crippen LogP contribution is -2.51. The van der Waals surface area contributed by atoms with E-state index in [1.807, 2.05) is 23.1 Å². The van der Waals surface area contributed by atoms with Crippen LogP contribution in [-0.4, -0.2) is 74.8 Å². The van der Waals surface area contributed by atoms with Crippen molar-refractivity contribution in [2.45, 2.75) is 19.0 Å². The molecule has 1 N–H and O–H groups in total. The van der Waals surface area contributed by atoms with E-state index < -0.39 is 0 Å². The maximum atomic E-state index is 12.5. The fraction of sp³-hybridized carbons (Fsp3) is 0.611. The number of morpholine rings is 1. The van der Waals surface area contributed by atoms with Crippen molar-refractivity contribution in [1.29, 1.82) is 0 Å². The summed E-state index contributed by atoms with van der Waals surface area (Å²) in [4.78, 5) is 16.7. The van der Waals surface area contributed by atoms with E-state index >= 15 is 0 Å². The van der Waals surface area contributed by atoms with E-state index in [0.29, 0.717) is 18.1 Å². The summed E-state index contributed by atoms with van der Waals surface area (Å²) < 4.78 is 10.8. The van der Waals surface area contributed by atoms with Gasteiger partial charge in [-0.3, -0.25) is 9.69 Å². The molecule has 0 bridgehead atoms. The molecule has 0 saturated carbocycles. The number of methoxy groups -OCH3 is 1. The molecule has 2 aliphatic heterocycles. The van der Waals surface area contributed by atoms with Gasteiger partial charge in [0, 0.05) is 62.3 Å². The summed E-state index contributed by atoms with van der Waals surface area (Å²) in [6, 6.07) is 5.84. The molecule has 0 spiro atoms. The van der Waals surface area contributed by atoms with E-state index in [-0.39, 0.29) is 36.8 Å². The number of hydrogen-bond donors (Lipinski definition) is 1. The molecular weight excluding hydrogens is 413 g/mol. The zero-order valence-corrected chi connectivity index (χ0v) is 17.9. The number of halogens is 3. The van der Waals surface area contributed by atoms with Gasteiger partial charge in [-0.2, -0.15) is 0 Å². The molecule has 0 aromatic heterocycles. The van der Waals surface area contributed by atoms with Crippen LogP contribution < -0.4 is 10.1 Å². The van der Waals surface area contributed by atoms with Crippen molar-refractivity contribution in [3.8, 4) is 5.75 Å². The van der Waals surface area contributed by atoms with Crippen molar-refractivity contribution in [1.82, 2.24) is 15.1 Å². The number of piperazine rings is 1. The average molecular weight is 441 g/mol. The van der Waals surface area contributed by atoms with Gasteiger partial charge in [-0.1, -0.05) is 11.6 Å². The Bertz CT molecular complexity index is 592. The van der Waals surface area contributed by atoms with Crippen molar-refractivity contribution >= 4 is 42.3 Å². The van der Waals surface area contributed by atoms with Gasteiger partial charge in [-0.05, 0) is 18.2 Å². The third kappa shape index (κ3) is 6.97. The van der Waals surface area contributed by atoms with Crippen molar-refractivity contribution in [3.63, 3.8) is 0 Å². The fourth-order valence-electron chi connectivity index (χ4n) is 3.36. The van der Waals surface area contributed by atoms with Crippen LogP contribution in [0, 0.1) is 0 Å². The second-order valence-electron chi connectivity index (χ2n) is 6.54. The highest BCUT2D eigenvalue weighted by atomic mass is 35.5. The first-order chi connectivity index (χ1) is 12.2. The molecule has 1 aromatic rings. The van der Waals surface area contributed by atoms with E-state index in [2.05, 4.69) is 10.2 Å². The highest BCUT2D eigenvalue weighted by Crippen LogP contribution is 2.24. The quantitative estimate of drug-likeness (QED) is 0.761. The van der Waals surface area contributed by atoms with Crippen LogP contribution in [0.4, 0.5) is 0 Å². The van der Waals surface area contributed by atoms with Crippen LogP contribution in [0.25, 0.3) is 0 Å². The summed E-state index contributed by atoms with van der Waals surface area (Å²) in [5, 5.41) is 4.05. The Morgan fingerprint density at radius 2 is 2.04 bits per heavy atom. The zero-order chi connectivity index (χ0) is 17.6. The van der Waals surface area contributed by atoms with Gasteiger partial charge in [0.2, 0.25) is 5.91 Å². The molecule has 0 aliphatic carbocycles. The molecule has 1 aromatic carbocycles. The first kappa shape index (κ1) is 24.3. The predicted octanol–water partition coefficient (Wildman–Crippen LogP) is 2.21. The van der Waals surface area contributed by atoms with Gasteiger partial charge in [0.25, 0.3) is 0 Å². The second-order valence-corrected chi connectivity index (χ2v) is 6.98. The van der Waals surface area contributed by atoms with Crippen molar-refractivity contribution < 1.29 is 14.3 Å². The van der Waals surface area contributed by atoms with Crippen LogP contribution in [0.1, 0.15) is 12.0 Å². The van der Waals surface area contributed by atoms with Gasteiger partial charge in [-0.15, -0.1) is 24.8 Å². The number of ether oxygens (including phenoxy) is 2. The number of benzene rings is 1. The molecule has 27 heavy (non-hydrogen) atoms. The van der Waals surface area contributed by atoms with Gasteiger partial charge in [-0.25, -0.2) is 0 Å². The second kappa shape index (κ2) is 11.9. The van der Waals surface area contributed by atoms with Gasteiger partial charge in [0.15, 0.2) is 0 Å². The Balaban J connectivity index is 0.00000182. The summed E-state index contributed by atoms with van der Waals surface area (Å²) in [5.74, 6) is 1.06. The number of carbonyl (C=O) groups excluding carboxylic acids is 1. The lowest BCUT2D eigenvalue weighted by Gasteiger charge is -2.36. The molecule has 0 radical (unpaired) electrons. The summed E-state index contributed by atoms with van der Waals surface area (Å²) in [5.41, 5.74) is 1.08. The number of nitrogens with zero attached hydrogens (tertiary/aromatic N) is 2. The number of carbonyl (C=O) groups is 1. The fourth-order valence-corrected chi connectivity index (χ4v) is 3.55. The summed E-state index contributed by atoms with van der Waals surface area (Å²) >= 11 is 6.11. The zero-order valence-electron chi connectivity index (χ0n) is 15.5. The lowest BCUT2D eigenvalue weighted by molar-refractivity contribution is -0.134. The largest absolute Gasteiger partial charge is 0.496 e. The normalized spacial score (nSPS) is 20.4. The van der Waals surface area contributed by atoms with Gasteiger partial charge in [0.1, 0.15) is 5.75 Å². The minimum atomic E-state index is 0. The topological polar surface area (TPSA) is 54.0 Å². The highest BCUT2D eigenvalue weighted by Gasteiger charge is 2.25. The standard InChI is InChI=1S/C18H26ClN3O3.2ClH/c1-24-17-3-2-15(19)10-14(17)12-21-5-7-22(8-6-21)18(23)11-16-13-25-9-4-20-16;;/h2-3,10,16,20H,4-9,11-13H2,1H3;2*1H. The molecule has 6 nitrogen and oxygen atoms in total. The van der Waals surface area contributed by atoms with E-state index in [1.54, 1.807) is 7.11 Å². The molecule has 154 valence electrons. The molecule has 2 aliphatic rings. The molecule has 9 heteroatoms. The van der Waals surface area contributed by atoms with E-state index in [9.17, 15) is 4.79 Å². The Hall–Kier alpha value is -0.760. The first-order valence-corrected chi connectivity index (χ1v) is 9.17. The SMILES string of the molecule is COc1ccc(Cl)cc1CN1CCN(C(=O)CC2COCCN2)CC1.Cl.Cl. The van der Waals surface area contributed by atoms with Crippen LogP contribution in [0.5, 0.6) is 5.75 Å². The van der Waals surface area contributed by atoms with Crippen LogP contribution in [0.2, 0.25) is 5.02 Å². The molecule has 1 amide bonds. The van der Waals surface area contributed by atoms with Gasteiger partial charge in [0.05, 0.1) is 20.3 Å². The van der Waals surface area contributed by atoms with Gasteiger partial charge >= 0.3 is 0 Å². The maximum absolute atomic E-state index is 12.5. The average Bonchev–Trinajstić information content (AvgIpc) is 2.63. The minimum Gasteiger partial charge on any atom is -0.496 e. The van der Waals surface area contributed by atoms with Gasteiger partial charge < -0.3 is 19.7 Å². The summed E-state index contributed by atoms with van der Waals surface area (Å²) in [7, 11) is 1.67. The number of rotatable bonds is 5. The molecular formula is C18H28Cl3N3O3. The van der Waals surface area contributed by atoms with E-state index in [4.69, 9.17) is 21.1 Å². The van der Waals surface area contributed by atoms with Crippen molar-refractivity contribution in [2.24, 2.45) is 0 Å². The Morgan fingerprint density at radius 1 is 1.30 bits per heavy atom. The minimum absolute atomic E-state index is 0. The van der Waals surface area contributed by atoms with Crippen molar-refractivity contribution in [3.05, 3.63) is 28.8 Å². The molecule has 3 rings (SSSR count). The predicted molar refractivity (Wildman–Crippen MR) is 112 cm³/mol. The third-order valence-electron chi connectivity index (χ3n) is 4.78. The smallest absolute Gasteiger partial charge is 0.224 e.